The van der Waals surface area contributed by atoms with E-state index in [4.69, 9.17) is 0 Å². The van der Waals surface area contributed by atoms with Gasteiger partial charge in [0.2, 0.25) is 11.8 Å². The molecule has 0 bridgehead atoms. The lowest BCUT2D eigenvalue weighted by Crippen LogP contribution is -2.31. The van der Waals surface area contributed by atoms with Crippen LogP contribution in [0.2, 0.25) is 0 Å². The van der Waals surface area contributed by atoms with Crippen LogP contribution in [-0.2, 0) is 16.0 Å². The summed E-state index contributed by atoms with van der Waals surface area (Å²) in [7, 11) is 0. The molecule has 140 valence electrons. The lowest BCUT2D eigenvalue weighted by atomic mass is 9.93. The molecule has 1 aliphatic heterocycles. The van der Waals surface area contributed by atoms with Crippen LogP contribution in [0.3, 0.4) is 0 Å². The Kier molecular flexibility index (Phi) is 9.53. The van der Waals surface area contributed by atoms with Crippen molar-refractivity contribution in [3.63, 3.8) is 0 Å². The number of hydrogen-bond donors (Lipinski definition) is 3. The van der Waals surface area contributed by atoms with Crippen LogP contribution in [0.4, 0.5) is 5.69 Å². The highest BCUT2D eigenvalue weighted by molar-refractivity contribution is 5.90. The number of amides is 2. The largest absolute Gasteiger partial charge is 0.354 e. The van der Waals surface area contributed by atoms with Gasteiger partial charge in [0.1, 0.15) is 0 Å². The van der Waals surface area contributed by atoms with Gasteiger partial charge in [-0.15, -0.1) is 12.4 Å². The molecule has 1 fully saturated rings. The number of halogens is 1. The molecule has 2 rings (SSSR count). The van der Waals surface area contributed by atoms with Crippen molar-refractivity contribution >= 4 is 29.9 Å². The Hall–Kier alpha value is -1.59. The Morgan fingerprint density at radius 2 is 1.76 bits per heavy atom. The van der Waals surface area contributed by atoms with Crippen molar-refractivity contribution in [1.82, 2.24) is 10.6 Å². The minimum absolute atomic E-state index is 0. The Morgan fingerprint density at radius 1 is 1.12 bits per heavy atom. The summed E-state index contributed by atoms with van der Waals surface area (Å²) in [6, 6.07) is 7.65. The highest BCUT2D eigenvalue weighted by Gasteiger charge is 2.14. The zero-order valence-electron chi connectivity index (χ0n) is 15.1. The molecule has 0 aliphatic carbocycles. The number of carbonyl (C=O) groups is 2. The van der Waals surface area contributed by atoms with E-state index in [0.717, 1.165) is 30.8 Å². The van der Waals surface area contributed by atoms with E-state index in [1.165, 1.54) is 12.8 Å². The van der Waals surface area contributed by atoms with Crippen molar-refractivity contribution in [2.75, 3.05) is 18.4 Å². The summed E-state index contributed by atoms with van der Waals surface area (Å²) in [5.41, 5.74) is 1.74. The van der Waals surface area contributed by atoms with Crippen molar-refractivity contribution in [2.45, 2.75) is 52.0 Å². The second kappa shape index (κ2) is 11.1. The molecule has 0 aromatic heterocycles. The van der Waals surface area contributed by atoms with Gasteiger partial charge in [-0.25, -0.2) is 0 Å². The number of anilines is 1. The number of benzene rings is 1. The van der Waals surface area contributed by atoms with Crippen LogP contribution in [0.1, 0.15) is 45.1 Å². The van der Waals surface area contributed by atoms with Crippen LogP contribution >= 0.6 is 12.4 Å². The summed E-state index contributed by atoms with van der Waals surface area (Å²) >= 11 is 0. The molecule has 0 saturated carbocycles. The number of piperidine rings is 1. The van der Waals surface area contributed by atoms with Crippen LogP contribution in [0.15, 0.2) is 24.3 Å². The highest BCUT2D eigenvalue weighted by Crippen LogP contribution is 2.18. The summed E-state index contributed by atoms with van der Waals surface area (Å²) in [4.78, 5) is 23.8. The molecule has 5 nitrogen and oxygen atoms in total. The van der Waals surface area contributed by atoms with Crippen LogP contribution in [0, 0.1) is 5.92 Å². The molecule has 0 spiro atoms. The van der Waals surface area contributed by atoms with Crippen LogP contribution in [0.5, 0.6) is 0 Å². The molecule has 1 heterocycles. The smallest absolute Gasteiger partial charge is 0.224 e. The van der Waals surface area contributed by atoms with E-state index in [9.17, 15) is 9.59 Å². The lowest BCUT2D eigenvalue weighted by Gasteiger charge is -2.22. The average Bonchev–Trinajstić information content (AvgIpc) is 2.55. The maximum absolute atomic E-state index is 12.0. The standard InChI is InChI=1S/C19H29N3O2.ClH/c1-14(2)21-19(24)13-16-3-6-17(7-4-16)22-18(23)8-5-15-9-11-20-12-10-15;/h3-4,6-7,14-15,20H,5,8-13H2,1-2H3,(H,21,24)(H,22,23);1H. The minimum Gasteiger partial charge on any atom is -0.354 e. The molecule has 1 aliphatic rings. The van der Waals surface area contributed by atoms with Crippen molar-refractivity contribution < 1.29 is 9.59 Å². The van der Waals surface area contributed by atoms with Gasteiger partial charge in [-0.3, -0.25) is 9.59 Å². The monoisotopic (exact) mass is 367 g/mol. The molecule has 1 aromatic carbocycles. The van der Waals surface area contributed by atoms with Gasteiger partial charge in [-0.1, -0.05) is 12.1 Å². The fourth-order valence-electron chi connectivity index (χ4n) is 2.99. The van der Waals surface area contributed by atoms with Crippen molar-refractivity contribution in [3.8, 4) is 0 Å². The summed E-state index contributed by atoms with van der Waals surface area (Å²) in [5.74, 6) is 0.751. The average molecular weight is 368 g/mol. The van der Waals surface area contributed by atoms with E-state index < -0.39 is 0 Å². The topological polar surface area (TPSA) is 70.2 Å². The minimum atomic E-state index is 0. The maximum atomic E-state index is 12.0. The number of carbonyl (C=O) groups excluding carboxylic acids is 2. The van der Waals surface area contributed by atoms with Gasteiger partial charge in [0.25, 0.3) is 0 Å². The fraction of sp³-hybridized carbons (Fsp3) is 0.579. The third kappa shape index (κ3) is 8.36. The zero-order valence-corrected chi connectivity index (χ0v) is 16.0. The summed E-state index contributed by atoms with van der Waals surface area (Å²) in [6.07, 6.45) is 4.23. The van der Waals surface area contributed by atoms with E-state index in [-0.39, 0.29) is 30.3 Å². The molecule has 1 saturated heterocycles. The van der Waals surface area contributed by atoms with E-state index >= 15 is 0 Å². The van der Waals surface area contributed by atoms with Gasteiger partial charge < -0.3 is 16.0 Å². The third-order valence-corrected chi connectivity index (χ3v) is 4.29. The summed E-state index contributed by atoms with van der Waals surface area (Å²) in [5, 5.41) is 9.15. The van der Waals surface area contributed by atoms with Gasteiger partial charge >= 0.3 is 0 Å². The first-order valence-electron chi connectivity index (χ1n) is 8.92. The molecule has 1 aromatic rings. The molecule has 0 atom stereocenters. The van der Waals surface area contributed by atoms with Crippen molar-refractivity contribution in [1.29, 1.82) is 0 Å². The molecule has 25 heavy (non-hydrogen) atoms. The fourth-order valence-corrected chi connectivity index (χ4v) is 2.99. The predicted molar refractivity (Wildman–Crippen MR) is 104 cm³/mol. The first kappa shape index (κ1) is 21.5. The molecule has 0 radical (unpaired) electrons. The molecular formula is C19H30ClN3O2. The Labute approximate surface area is 156 Å². The van der Waals surface area contributed by atoms with Crippen LogP contribution in [-0.4, -0.2) is 30.9 Å². The zero-order chi connectivity index (χ0) is 17.4. The number of rotatable bonds is 7. The lowest BCUT2D eigenvalue weighted by molar-refractivity contribution is -0.121. The Morgan fingerprint density at radius 3 is 2.36 bits per heavy atom. The van der Waals surface area contributed by atoms with E-state index in [2.05, 4.69) is 16.0 Å². The highest BCUT2D eigenvalue weighted by atomic mass is 35.5. The van der Waals surface area contributed by atoms with E-state index in [1.807, 2.05) is 38.1 Å². The first-order valence-corrected chi connectivity index (χ1v) is 8.92. The van der Waals surface area contributed by atoms with Gasteiger partial charge in [0, 0.05) is 18.2 Å². The Bertz CT molecular complexity index is 540. The normalized spacial score (nSPS) is 14.7. The van der Waals surface area contributed by atoms with Crippen LogP contribution < -0.4 is 16.0 Å². The first-order chi connectivity index (χ1) is 11.5. The third-order valence-electron chi connectivity index (χ3n) is 4.29. The second-order valence-electron chi connectivity index (χ2n) is 6.88. The van der Waals surface area contributed by atoms with Crippen molar-refractivity contribution in [3.05, 3.63) is 29.8 Å². The van der Waals surface area contributed by atoms with E-state index in [1.54, 1.807) is 0 Å². The molecule has 2 amide bonds. The van der Waals surface area contributed by atoms with Crippen molar-refractivity contribution in [2.24, 2.45) is 5.92 Å². The van der Waals surface area contributed by atoms with E-state index in [0.29, 0.717) is 18.8 Å². The van der Waals surface area contributed by atoms with Gasteiger partial charge in [0.05, 0.1) is 6.42 Å². The number of hydrogen-bond acceptors (Lipinski definition) is 3. The molecule has 6 heteroatoms. The van der Waals surface area contributed by atoms with Gasteiger partial charge in [-0.05, 0) is 69.8 Å². The SMILES string of the molecule is CC(C)NC(=O)Cc1ccc(NC(=O)CCC2CCNCC2)cc1.Cl. The second-order valence-corrected chi connectivity index (χ2v) is 6.88. The molecule has 3 N–H and O–H groups in total. The summed E-state index contributed by atoms with van der Waals surface area (Å²) in [6.45, 7) is 6.02. The Balaban J connectivity index is 0.00000312. The maximum Gasteiger partial charge on any atom is 0.224 e. The predicted octanol–water partition coefficient (Wildman–Crippen LogP) is 2.89. The molecular weight excluding hydrogens is 338 g/mol. The van der Waals surface area contributed by atoms with Crippen LogP contribution in [0.25, 0.3) is 0 Å². The summed E-state index contributed by atoms with van der Waals surface area (Å²) < 4.78 is 0. The van der Waals surface area contributed by atoms with Gasteiger partial charge in [0.15, 0.2) is 0 Å². The molecule has 0 unspecified atom stereocenters. The number of nitrogens with one attached hydrogen (secondary N) is 3. The van der Waals surface area contributed by atoms with Gasteiger partial charge in [-0.2, -0.15) is 0 Å². The quantitative estimate of drug-likeness (QED) is 0.694.